The predicted molar refractivity (Wildman–Crippen MR) is 62.4 cm³/mol. The summed E-state index contributed by atoms with van der Waals surface area (Å²) in [5.74, 6) is -1.98. The number of pyridine rings is 2. The van der Waals surface area contributed by atoms with Gasteiger partial charge in [0.05, 0.1) is 0 Å². The standard InChI is InChI=1S/2C6H5NO2.Cd/c2*8-6(9)5-3-1-2-4-7-5;/h2*1-4H,(H,8,9);. The molecule has 2 heterocycles. The Balaban J connectivity index is 0.000000324. The van der Waals surface area contributed by atoms with E-state index in [4.69, 9.17) is 10.2 Å². The van der Waals surface area contributed by atoms with Crippen molar-refractivity contribution < 1.29 is 47.1 Å². The number of hydrogen-bond acceptors (Lipinski definition) is 4. The van der Waals surface area contributed by atoms with Crippen LogP contribution in [0.4, 0.5) is 0 Å². The quantitative estimate of drug-likeness (QED) is 0.790. The van der Waals surface area contributed by atoms with Gasteiger partial charge < -0.3 is 10.2 Å². The summed E-state index contributed by atoms with van der Waals surface area (Å²) in [5, 5.41) is 16.6. The van der Waals surface area contributed by atoms with E-state index in [9.17, 15) is 9.59 Å². The minimum atomic E-state index is -0.990. The van der Waals surface area contributed by atoms with Crippen molar-refractivity contribution in [1.82, 2.24) is 9.97 Å². The molecule has 0 saturated heterocycles. The average Bonchev–Trinajstić information content (AvgIpc) is 2.41. The first-order valence-electron chi connectivity index (χ1n) is 4.90. The molecule has 2 N–H and O–H groups in total. The molecule has 7 heteroatoms. The Morgan fingerprint density at radius 1 is 0.789 bits per heavy atom. The van der Waals surface area contributed by atoms with Gasteiger partial charge in [0.1, 0.15) is 11.4 Å². The largest absolute Gasteiger partial charge is 0.477 e. The average molecular weight is 359 g/mol. The van der Waals surface area contributed by atoms with Gasteiger partial charge in [-0.15, -0.1) is 0 Å². The first-order chi connectivity index (χ1) is 8.61. The third kappa shape index (κ3) is 6.60. The first kappa shape index (κ1) is 17.2. The van der Waals surface area contributed by atoms with Crippen molar-refractivity contribution in [3.05, 3.63) is 60.2 Å². The van der Waals surface area contributed by atoms with Crippen molar-refractivity contribution in [3.8, 4) is 0 Å². The maximum absolute atomic E-state index is 10.1. The molecule has 0 bridgehead atoms. The Labute approximate surface area is 129 Å². The van der Waals surface area contributed by atoms with Gasteiger partial charge in [-0.25, -0.2) is 19.6 Å². The molecule has 0 radical (unpaired) electrons. The third-order valence-electron chi connectivity index (χ3n) is 1.77. The Morgan fingerprint density at radius 2 is 1.16 bits per heavy atom. The Morgan fingerprint density at radius 3 is 1.32 bits per heavy atom. The van der Waals surface area contributed by atoms with Crippen LogP contribution in [0.15, 0.2) is 48.8 Å². The minimum absolute atomic E-state index is 0. The van der Waals surface area contributed by atoms with E-state index in [0.717, 1.165) is 0 Å². The predicted octanol–water partition coefficient (Wildman–Crippen LogP) is 1.56. The molecule has 0 fully saturated rings. The normalized spacial score (nSPS) is 8.42. The number of carbonyl (C=O) groups is 2. The fraction of sp³-hybridized carbons (Fsp3) is 0. The van der Waals surface area contributed by atoms with Crippen LogP contribution in [0.25, 0.3) is 0 Å². The van der Waals surface area contributed by atoms with Crippen molar-refractivity contribution in [3.63, 3.8) is 0 Å². The molecule has 0 aliphatic heterocycles. The van der Waals surface area contributed by atoms with Crippen molar-refractivity contribution in [1.29, 1.82) is 0 Å². The number of rotatable bonds is 2. The summed E-state index contributed by atoms with van der Waals surface area (Å²) in [4.78, 5) is 27.4. The molecule has 6 nitrogen and oxygen atoms in total. The van der Waals surface area contributed by atoms with Gasteiger partial charge in [-0.05, 0) is 24.3 Å². The number of nitrogens with zero attached hydrogens (tertiary/aromatic N) is 2. The molecular weight excluding hydrogens is 349 g/mol. The molecule has 0 unspecified atom stereocenters. The summed E-state index contributed by atoms with van der Waals surface area (Å²) in [7, 11) is 0. The van der Waals surface area contributed by atoms with Crippen molar-refractivity contribution in [2.75, 3.05) is 0 Å². The number of aromatic nitrogens is 2. The molecule has 19 heavy (non-hydrogen) atoms. The zero-order valence-corrected chi connectivity index (χ0v) is 14.0. The van der Waals surface area contributed by atoms with Crippen LogP contribution >= 0.6 is 0 Å². The van der Waals surface area contributed by atoms with Crippen LogP contribution in [0.1, 0.15) is 21.0 Å². The number of hydrogen-bond donors (Lipinski definition) is 2. The van der Waals surface area contributed by atoms with Gasteiger partial charge in [-0.3, -0.25) is 0 Å². The van der Waals surface area contributed by atoms with Gasteiger partial charge >= 0.3 is 11.9 Å². The Bertz CT molecular complexity index is 470. The van der Waals surface area contributed by atoms with E-state index in [1.165, 1.54) is 24.5 Å². The van der Waals surface area contributed by atoms with E-state index < -0.39 is 11.9 Å². The fourth-order valence-corrected chi connectivity index (χ4v) is 0.979. The molecule has 0 aliphatic carbocycles. The zero-order valence-electron chi connectivity index (χ0n) is 9.93. The van der Waals surface area contributed by atoms with Crippen LogP contribution in [0, 0.1) is 0 Å². The van der Waals surface area contributed by atoms with Gasteiger partial charge in [0.2, 0.25) is 0 Å². The van der Waals surface area contributed by atoms with E-state index >= 15 is 0 Å². The second-order valence-corrected chi connectivity index (χ2v) is 3.04. The van der Waals surface area contributed by atoms with E-state index in [0.29, 0.717) is 0 Å². The van der Waals surface area contributed by atoms with E-state index in [2.05, 4.69) is 9.97 Å². The first-order valence-corrected chi connectivity index (χ1v) is 4.90. The topological polar surface area (TPSA) is 100 Å². The summed E-state index contributed by atoms with van der Waals surface area (Å²) >= 11 is 0. The summed E-state index contributed by atoms with van der Waals surface area (Å²) in [6.07, 6.45) is 2.90. The van der Waals surface area contributed by atoms with Crippen LogP contribution in [0.5, 0.6) is 0 Å². The fourth-order valence-electron chi connectivity index (χ4n) is 0.979. The third-order valence-corrected chi connectivity index (χ3v) is 1.77. The monoisotopic (exact) mass is 360 g/mol. The molecule has 0 amide bonds. The Kier molecular flexibility index (Phi) is 8.26. The smallest absolute Gasteiger partial charge is 0.354 e. The molecule has 2 aromatic heterocycles. The zero-order chi connectivity index (χ0) is 13.4. The molecule has 0 aliphatic rings. The van der Waals surface area contributed by atoms with Crippen molar-refractivity contribution >= 4 is 11.9 Å². The van der Waals surface area contributed by atoms with Gasteiger partial charge in [0.25, 0.3) is 0 Å². The summed E-state index contributed by atoms with van der Waals surface area (Å²) in [6.45, 7) is 0. The SMILES string of the molecule is O=C(O)c1ccccn1.O=C(O)c1ccccn1.[Cd]. The van der Waals surface area contributed by atoms with Crippen LogP contribution < -0.4 is 0 Å². The summed E-state index contributed by atoms with van der Waals surface area (Å²) in [6, 6.07) is 9.51. The summed E-state index contributed by atoms with van der Waals surface area (Å²) < 4.78 is 0. The van der Waals surface area contributed by atoms with E-state index in [1.807, 2.05) is 0 Å². The van der Waals surface area contributed by atoms with Crippen LogP contribution in [0.2, 0.25) is 0 Å². The van der Waals surface area contributed by atoms with Gasteiger partial charge in [0.15, 0.2) is 0 Å². The van der Waals surface area contributed by atoms with Gasteiger partial charge in [-0.2, -0.15) is 0 Å². The molecule has 0 atom stereocenters. The molecule has 0 aromatic carbocycles. The second-order valence-electron chi connectivity index (χ2n) is 3.04. The van der Waals surface area contributed by atoms with E-state index in [1.54, 1.807) is 24.3 Å². The number of carboxylic acid groups (broad SMARTS) is 2. The van der Waals surface area contributed by atoms with Crippen LogP contribution in [0.3, 0.4) is 0 Å². The minimum Gasteiger partial charge on any atom is -0.477 e. The van der Waals surface area contributed by atoms with Crippen molar-refractivity contribution in [2.24, 2.45) is 0 Å². The second kappa shape index (κ2) is 9.14. The van der Waals surface area contributed by atoms with Crippen LogP contribution in [-0.2, 0) is 27.3 Å². The maximum Gasteiger partial charge on any atom is 0.354 e. The molecular formula is C12H10CdN2O4. The molecule has 94 valence electrons. The Hall–Kier alpha value is -1.84. The van der Waals surface area contributed by atoms with E-state index in [-0.39, 0.29) is 38.7 Å². The molecule has 0 spiro atoms. The molecule has 2 rings (SSSR count). The number of carboxylic acids is 2. The summed E-state index contributed by atoms with van der Waals surface area (Å²) in [5.41, 5.74) is 0.162. The molecule has 0 saturated carbocycles. The van der Waals surface area contributed by atoms with Crippen LogP contribution in [-0.4, -0.2) is 32.1 Å². The van der Waals surface area contributed by atoms with Gasteiger partial charge in [-0.1, -0.05) is 12.1 Å². The molecule has 2 aromatic rings. The van der Waals surface area contributed by atoms with Crippen molar-refractivity contribution in [2.45, 2.75) is 0 Å². The maximum atomic E-state index is 10.1. The van der Waals surface area contributed by atoms with Gasteiger partial charge in [0, 0.05) is 39.7 Å². The number of aromatic carboxylic acids is 2.